The quantitative estimate of drug-likeness (QED) is 0.189. The van der Waals surface area contributed by atoms with Crippen LogP contribution in [0.3, 0.4) is 0 Å². The maximum atomic E-state index is 9.62. The van der Waals surface area contributed by atoms with Gasteiger partial charge < -0.3 is 14.9 Å². The van der Waals surface area contributed by atoms with Crippen molar-refractivity contribution in [3.63, 3.8) is 0 Å². The predicted octanol–water partition coefficient (Wildman–Crippen LogP) is 7.61. The summed E-state index contributed by atoms with van der Waals surface area (Å²) in [5.41, 5.74) is 11.0. The molecule has 2 N–H and O–H groups in total. The minimum Gasteiger partial charge on any atom is -0.423 e. The van der Waals surface area contributed by atoms with E-state index < -0.39 is 7.12 Å². The Morgan fingerprint density at radius 3 is 1.72 bits per heavy atom. The van der Waals surface area contributed by atoms with Crippen LogP contribution in [0.5, 0.6) is 0 Å². The zero-order valence-electron chi connectivity index (χ0n) is 22.4. The average Bonchev–Trinajstić information content (AvgIpc) is 3.21. The fraction of sp³-hybridized carbons (Fsp3) is 0.0857. The van der Waals surface area contributed by atoms with Crippen molar-refractivity contribution in [1.29, 1.82) is 0 Å². The Morgan fingerprint density at radius 2 is 1.08 bits per heavy atom. The largest absolute Gasteiger partial charge is 0.488 e. The number of nitrogens with zero attached hydrogens (tertiary/aromatic N) is 1. The summed E-state index contributed by atoms with van der Waals surface area (Å²) in [6.45, 7) is 10.6. The van der Waals surface area contributed by atoms with Crippen molar-refractivity contribution < 1.29 is 10.0 Å². The third kappa shape index (κ3) is 4.81. The van der Waals surface area contributed by atoms with Gasteiger partial charge in [-0.2, -0.15) is 0 Å². The van der Waals surface area contributed by atoms with Crippen LogP contribution in [0.2, 0.25) is 0 Å². The summed E-state index contributed by atoms with van der Waals surface area (Å²) >= 11 is 0. The molecule has 5 aromatic rings. The lowest BCUT2D eigenvalue weighted by molar-refractivity contribution is 0.426. The van der Waals surface area contributed by atoms with Crippen LogP contribution < -0.4 is 10.4 Å². The summed E-state index contributed by atoms with van der Waals surface area (Å²) in [5, 5.41) is 19.2. The van der Waals surface area contributed by atoms with E-state index in [1.807, 2.05) is 18.2 Å². The summed E-state index contributed by atoms with van der Waals surface area (Å²) in [6.07, 6.45) is 0. The highest BCUT2D eigenvalue weighted by Gasteiger charge is 2.35. The number of rotatable bonds is 5. The maximum Gasteiger partial charge on any atom is 0.488 e. The Balaban J connectivity index is 0.00000151. The van der Waals surface area contributed by atoms with E-state index in [1.165, 1.54) is 27.8 Å². The Morgan fingerprint density at radius 1 is 0.564 bits per heavy atom. The van der Waals surface area contributed by atoms with Gasteiger partial charge in [-0.1, -0.05) is 98.8 Å². The van der Waals surface area contributed by atoms with Gasteiger partial charge in [-0.3, -0.25) is 0 Å². The molecule has 0 radical (unpaired) electrons. The van der Waals surface area contributed by atoms with Crippen molar-refractivity contribution in [2.24, 2.45) is 0 Å². The molecule has 3 nitrogen and oxygen atoms in total. The average molecular weight is 509 g/mol. The van der Waals surface area contributed by atoms with E-state index in [-0.39, 0.29) is 5.41 Å². The molecule has 1 aliphatic rings. The normalized spacial score (nSPS) is 12.5. The first kappa shape index (κ1) is 26.2. The van der Waals surface area contributed by atoms with Crippen molar-refractivity contribution in [2.75, 3.05) is 4.90 Å². The molecule has 6 rings (SSSR count). The monoisotopic (exact) mass is 509 g/mol. The van der Waals surface area contributed by atoms with Crippen molar-refractivity contribution in [3.8, 4) is 22.3 Å². The first-order chi connectivity index (χ1) is 18.9. The van der Waals surface area contributed by atoms with E-state index in [0.717, 1.165) is 22.6 Å². The molecule has 0 aromatic heterocycles. The van der Waals surface area contributed by atoms with Gasteiger partial charge in [-0.25, -0.2) is 0 Å². The highest BCUT2D eigenvalue weighted by molar-refractivity contribution is 6.58. The smallest absolute Gasteiger partial charge is 0.423 e. The van der Waals surface area contributed by atoms with E-state index in [4.69, 9.17) is 0 Å². The SMILES string of the molecule is C=C.CC1(C)c2ccccc2-c2ccc(N(c3ccc(B(O)O)cc3)c3ccc(-c4ccccc4)cc3)cc21. The Hall–Kier alpha value is -4.38. The van der Waals surface area contributed by atoms with Gasteiger partial charge >= 0.3 is 7.12 Å². The molecular weight excluding hydrogens is 477 g/mol. The first-order valence-corrected chi connectivity index (χ1v) is 13.1. The van der Waals surface area contributed by atoms with E-state index in [1.54, 1.807) is 12.1 Å². The molecule has 0 saturated carbocycles. The minimum absolute atomic E-state index is 0.102. The summed E-state index contributed by atoms with van der Waals surface area (Å²) in [7, 11) is -1.49. The topological polar surface area (TPSA) is 43.7 Å². The summed E-state index contributed by atoms with van der Waals surface area (Å²) in [4.78, 5) is 2.22. The number of fused-ring (bicyclic) bond motifs is 3. The Labute approximate surface area is 231 Å². The van der Waals surface area contributed by atoms with Crippen LogP contribution in [-0.2, 0) is 5.41 Å². The van der Waals surface area contributed by atoms with Gasteiger partial charge in [0.2, 0.25) is 0 Å². The van der Waals surface area contributed by atoms with Gasteiger partial charge in [0.25, 0.3) is 0 Å². The van der Waals surface area contributed by atoms with Crippen LogP contribution in [0.1, 0.15) is 25.0 Å². The zero-order chi connectivity index (χ0) is 27.6. The molecule has 192 valence electrons. The molecule has 0 saturated heterocycles. The second-order valence-electron chi connectivity index (χ2n) is 10.1. The second kappa shape index (κ2) is 10.8. The van der Waals surface area contributed by atoms with Gasteiger partial charge in [0.1, 0.15) is 0 Å². The van der Waals surface area contributed by atoms with Crippen LogP contribution in [0, 0.1) is 0 Å². The number of benzene rings is 5. The van der Waals surface area contributed by atoms with Crippen LogP contribution in [0.25, 0.3) is 22.3 Å². The fourth-order valence-electron chi connectivity index (χ4n) is 5.51. The third-order valence-electron chi connectivity index (χ3n) is 7.51. The van der Waals surface area contributed by atoms with Crippen molar-refractivity contribution in [1.82, 2.24) is 0 Å². The molecule has 0 atom stereocenters. The van der Waals surface area contributed by atoms with E-state index in [0.29, 0.717) is 5.46 Å². The lowest BCUT2D eigenvalue weighted by atomic mass is 9.80. The minimum atomic E-state index is -1.49. The van der Waals surface area contributed by atoms with Crippen LogP contribution in [0.4, 0.5) is 17.1 Å². The summed E-state index contributed by atoms with van der Waals surface area (Å²) < 4.78 is 0. The molecule has 0 amide bonds. The van der Waals surface area contributed by atoms with Crippen LogP contribution in [-0.4, -0.2) is 17.2 Å². The fourth-order valence-corrected chi connectivity index (χ4v) is 5.51. The van der Waals surface area contributed by atoms with Crippen LogP contribution in [0.15, 0.2) is 134 Å². The van der Waals surface area contributed by atoms with E-state index >= 15 is 0 Å². The first-order valence-electron chi connectivity index (χ1n) is 13.1. The summed E-state index contributed by atoms with van der Waals surface area (Å²) in [5.74, 6) is 0. The summed E-state index contributed by atoms with van der Waals surface area (Å²) in [6, 6.07) is 41.7. The lowest BCUT2D eigenvalue weighted by Crippen LogP contribution is -2.29. The molecule has 0 aliphatic heterocycles. The maximum absolute atomic E-state index is 9.62. The number of hydrogen-bond acceptors (Lipinski definition) is 3. The molecule has 0 fully saturated rings. The van der Waals surface area contributed by atoms with E-state index in [2.05, 4.69) is 123 Å². The van der Waals surface area contributed by atoms with Gasteiger partial charge in [-0.15, -0.1) is 13.2 Å². The van der Waals surface area contributed by atoms with E-state index in [9.17, 15) is 10.0 Å². The number of hydrogen-bond donors (Lipinski definition) is 2. The van der Waals surface area contributed by atoms with Crippen LogP contribution >= 0.6 is 0 Å². The van der Waals surface area contributed by atoms with Crippen molar-refractivity contribution in [2.45, 2.75) is 19.3 Å². The third-order valence-corrected chi connectivity index (χ3v) is 7.51. The molecule has 1 aliphatic carbocycles. The molecule has 0 heterocycles. The van der Waals surface area contributed by atoms with Gasteiger partial charge in [-0.05, 0) is 75.2 Å². The Kier molecular flexibility index (Phi) is 7.25. The molecule has 0 bridgehead atoms. The number of anilines is 3. The molecule has 0 spiro atoms. The van der Waals surface area contributed by atoms with Crippen molar-refractivity contribution >= 4 is 29.6 Å². The Bertz CT molecular complexity index is 1580. The van der Waals surface area contributed by atoms with Gasteiger partial charge in [0.15, 0.2) is 0 Å². The van der Waals surface area contributed by atoms with Crippen molar-refractivity contribution in [3.05, 3.63) is 146 Å². The lowest BCUT2D eigenvalue weighted by Gasteiger charge is -2.28. The van der Waals surface area contributed by atoms with Gasteiger partial charge in [0, 0.05) is 22.5 Å². The molecule has 39 heavy (non-hydrogen) atoms. The molecular formula is C35H32BNO2. The highest BCUT2D eigenvalue weighted by Crippen LogP contribution is 2.50. The predicted molar refractivity (Wildman–Crippen MR) is 165 cm³/mol. The second-order valence-corrected chi connectivity index (χ2v) is 10.1. The molecule has 0 unspecified atom stereocenters. The van der Waals surface area contributed by atoms with Gasteiger partial charge in [0.05, 0.1) is 0 Å². The standard InChI is InChI=1S/C33H28BNO2.C2H4/c1-33(2)31-11-7-6-10-29(31)30-21-20-28(22-32(30)33)35(27-18-14-25(15-19-27)34(36)37)26-16-12-24(13-17-26)23-8-4-3-5-9-23;1-2/h3-22,36-37H,1-2H3;1-2H2. The highest BCUT2D eigenvalue weighted by atomic mass is 16.4. The zero-order valence-corrected chi connectivity index (χ0v) is 22.4. The molecule has 4 heteroatoms. The molecule has 5 aromatic carbocycles.